The summed E-state index contributed by atoms with van der Waals surface area (Å²) in [6.45, 7) is 0. The van der Waals surface area contributed by atoms with Crippen LogP contribution in [-0.4, -0.2) is 18.9 Å². The van der Waals surface area contributed by atoms with Gasteiger partial charge < -0.3 is 4.74 Å². The van der Waals surface area contributed by atoms with E-state index in [2.05, 4.69) is 4.99 Å². The van der Waals surface area contributed by atoms with Crippen molar-refractivity contribution in [3.63, 3.8) is 0 Å². The van der Waals surface area contributed by atoms with E-state index in [0.29, 0.717) is 27.0 Å². The van der Waals surface area contributed by atoms with E-state index < -0.39 is 11.7 Å². The maximum Gasteiger partial charge on any atom is 0.282 e. The molecule has 0 fully saturated rings. The smallest absolute Gasteiger partial charge is 0.282 e. The third-order valence-corrected chi connectivity index (χ3v) is 5.12. The molecule has 1 aliphatic heterocycles. The molecule has 1 amide bonds. The van der Waals surface area contributed by atoms with Gasteiger partial charge in [-0.1, -0.05) is 41.4 Å². The van der Waals surface area contributed by atoms with E-state index in [1.54, 1.807) is 73.8 Å². The lowest BCUT2D eigenvalue weighted by Crippen LogP contribution is -2.33. The van der Waals surface area contributed by atoms with E-state index in [9.17, 15) is 9.18 Å². The molecule has 4 nitrogen and oxygen atoms in total. The number of halogens is 3. The lowest BCUT2D eigenvalue weighted by Gasteiger charge is -2.19. The van der Waals surface area contributed by atoms with Crippen molar-refractivity contribution in [3.05, 3.63) is 99.4 Å². The van der Waals surface area contributed by atoms with Gasteiger partial charge in [-0.2, -0.15) is 0 Å². The van der Waals surface area contributed by atoms with Gasteiger partial charge in [0.05, 0.1) is 18.4 Å². The summed E-state index contributed by atoms with van der Waals surface area (Å²) in [6, 6.07) is 18.0. The molecule has 0 spiro atoms. The molecule has 7 heteroatoms. The molecule has 0 saturated heterocycles. The van der Waals surface area contributed by atoms with Crippen LogP contribution in [0.4, 0.5) is 10.1 Å². The van der Waals surface area contributed by atoms with E-state index in [1.165, 1.54) is 11.0 Å². The van der Waals surface area contributed by atoms with Gasteiger partial charge in [0.15, 0.2) is 5.84 Å². The van der Waals surface area contributed by atoms with Crippen molar-refractivity contribution in [2.24, 2.45) is 4.99 Å². The molecule has 0 aliphatic carbocycles. The minimum Gasteiger partial charge on any atom is -0.497 e. The highest BCUT2D eigenvalue weighted by Gasteiger charge is 2.33. The average molecular weight is 441 g/mol. The number of rotatable bonds is 4. The summed E-state index contributed by atoms with van der Waals surface area (Å²) in [6.07, 6.45) is 1.56. The maximum atomic E-state index is 14.5. The second kappa shape index (κ2) is 8.30. The Morgan fingerprint density at radius 1 is 1.03 bits per heavy atom. The summed E-state index contributed by atoms with van der Waals surface area (Å²) < 4.78 is 19.7. The van der Waals surface area contributed by atoms with Gasteiger partial charge in [0.2, 0.25) is 0 Å². The normalized spacial score (nSPS) is 14.9. The lowest BCUT2D eigenvalue weighted by molar-refractivity contribution is -0.113. The highest BCUT2D eigenvalue weighted by Crippen LogP contribution is 2.31. The van der Waals surface area contributed by atoms with Crippen molar-refractivity contribution >= 4 is 46.7 Å². The Kier molecular flexibility index (Phi) is 5.57. The zero-order chi connectivity index (χ0) is 21.3. The number of nitrogens with zero attached hydrogens (tertiary/aromatic N) is 2. The highest BCUT2D eigenvalue weighted by atomic mass is 35.5. The van der Waals surface area contributed by atoms with Crippen LogP contribution >= 0.6 is 23.2 Å². The molecule has 1 heterocycles. The second-order valence-corrected chi connectivity index (χ2v) is 7.29. The molecule has 0 aromatic heterocycles. The first-order valence-electron chi connectivity index (χ1n) is 8.97. The van der Waals surface area contributed by atoms with Gasteiger partial charge in [-0.3, -0.25) is 9.69 Å². The van der Waals surface area contributed by atoms with Gasteiger partial charge in [0.1, 0.15) is 17.3 Å². The summed E-state index contributed by atoms with van der Waals surface area (Å²) >= 11 is 12.2. The zero-order valence-electron chi connectivity index (χ0n) is 15.8. The van der Waals surface area contributed by atoms with Crippen LogP contribution in [0.5, 0.6) is 5.75 Å². The van der Waals surface area contributed by atoms with E-state index in [0.717, 1.165) is 0 Å². The van der Waals surface area contributed by atoms with Crippen LogP contribution in [0.25, 0.3) is 6.08 Å². The SMILES string of the molecule is COc1ccc(N2C(=O)/C(=C\c3ccc(Cl)cc3Cl)N=C2c2ccccc2F)cc1. The van der Waals surface area contributed by atoms with Crippen molar-refractivity contribution in [1.82, 2.24) is 0 Å². The standard InChI is InChI=1S/C23H15Cl2FN2O2/c1-30-17-10-8-16(9-11-17)28-22(18-4-2-3-5-20(18)26)27-21(23(28)29)12-14-6-7-15(24)13-19(14)25/h2-13H,1H3/b21-12+. The molecule has 1 aliphatic rings. The quantitative estimate of drug-likeness (QED) is 0.468. The van der Waals surface area contributed by atoms with Crippen LogP contribution in [0.1, 0.15) is 11.1 Å². The Hall–Kier alpha value is -3.15. The summed E-state index contributed by atoms with van der Waals surface area (Å²) in [5, 5.41) is 0.864. The monoisotopic (exact) mass is 440 g/mol. The number of ether oxygens (including phenoxy) is 1. The van der Waals surface area contributed by atoms with Crippen LogP contribution in [0.15, 0.2) is 77.4 Å². The fourth-order valence-electron chi connectivity index (χ4n) is 3.08. The van der Waals surface area contributed by atoms with Crippen molar-refractivity contribution in [2.45, 2.75) is 0 Å². The van der Waals surface area contributed by atoms with Crippen molar-refractivity contribution in [2.75, 3.05) is 12.0 Å². The van der Waals surface area contributed by atoms with Gasteiger partial charge in [-0.05, 0) is 60.2 Å². The van der Waals surface area contributed by atoms with Crippen LogP contribution in [-0.2, 0) is 4.79 Å². The summed E-state index contributed by atoms with van der Waals surface area (Å²) in [7, 11) is 1.55. The number of hydrogen-bond acceptors (Lipinski definition) is 3. The molecule has 0 bridgehead atoms. The topological polar surface area (TPSA) is 41.9 Å². The number of carbonyl (C=O) groups excluding carboxylic acids is 1. The van der Waals surface area contributed by atoms with Gasteiger partial charge in [-0.25, -0.2) is 9.38 Å². The number of benzene rings is 3. The first-order chi connectivity index (χ1) is 14.5. The summed E-state index contributed by atoms with van der Waals surface area (Å²) in [4.78, 5) is 19.1. The Balaban J connectivity index is 1.84. The van der Waals surface area contributed by atoms with Gasteiger partial charge in [0, 0.05) is 10.0 Å². The number of methoxy groups -OCH3 is 1. The van der Waals surface area contributed by atoms with E-state index >= 15 is 0 Å². The lowest BCUT2D eigenvalue weighted by atomic mass is 10.1. The van der Waals surface area contributed by atoms with Crippen LogP contribution in [0, 0.1) is 5.82 Å². The third kappa shape index (κ3) is 3.82. The molecular weight excluding hydrogens is 426 g/mol. The Labute approximate surface area is 182 Å². The third-order valence-electron chi connectivity index (χ3n) is 4.56. The van der Waals surface area contributed by atoms with Gasteiger partial charge in [-0.15, -0.1) is 0 Å². The predicted octanol–water partition coefficient (Wildman–Crippen LogP) is 5.98. The van der Waals surface area contributed by atoms with Crippen molar-refractivity contribution in [1.29, 1.82) is 0 Å². The largest absolute Gasteiger partial charge is 0.497 e. The predicted molar refractivity (Wildman–Crippen MR) is 118 cm³/mol. The molecule has 30 heavy (non-hydrogen) atoms. The minimum atomic E-state index is -0.478. The molecule has 150 valence electrons. The second-order valence-electron chi connectivity index (χ2n) is 6.45. The molecule has 0 unspecified atom stereocenters. The van der Waals surface area contributed by atoms with E-state index in [1.807, 2.05) is 0 Å². The Bertz CT molecular complexity index is 1190. The first kappa shape index (κ1) is 20.1. The molecule has 0 atom stereocenters. The number of amides is 1. The number of carbonyl (C=O) groups is 1. The number of aliphatic imine (C=N–C) groups is 1. The van der Waals surface area contributed by atoms with Crippen LogP contribution in [0.3, 0.4) is 0 Å². The molecule has 3 aromatic carbocycles. The molecular formula is C23H15Cl2FN2O2. The van der Waals surface area contributed by atoms with Crippen molar-refractivity contribution in [3.8, 4) is 5.75 Å². The highest BCUT2D eigenvalue weighted by molar-refractivity contribution is 6.36. The number of hydrogen-bond donors (Lipinski definition) is 0. The Morgan fingerprint density at radius 3 is 2.43 bits per heavy atom. The van der Waals surface area contributed by atoms with Crippen LogP contribution in [0.2, 0.25) is 10.0 Å². The maximum absolute atomic E-state index is 14.5. The summed E-state index contributed by atoms with van der Waals surface area (Å²) in [5.74, 6) is -0.0455. The molecule has 0 saturated carbocycles. The zero-order valence-corrected chi connectivity index (χ0v) is 17.3. The van der Waals surface area contributed by atoms with E-state index in [4.69, 9.17) is 27.9 Å². The van der Waals surface area contributed by atoms with Crippen LogP contribution < -0.4 is 9.64 Å². The molecule has 3 aromatic rings. The van der Waals surface area contributed by atoms with Crippen molar-refractivity contribution < 1.29 is 13.9 Å². The fourth-order valence-corrected chi connectivity index (χ4v) is 3.54. The first-order valence-corrected chi connectivity index (χ1v) is 9.72. The fraction of sp³-hybridized carbons (Fsp3) is 0.0435. The Morgan fingerprint density at radius 2 is 1.77 bits per heavy atom. The number of amidine groups is 1. The van der Waals surface area contributed by atoms with E-state index in [-0.39, 0.29) is 17.1 Å². The molecule has 0 N–H and O–H groups in total. The van der Waals surface area contributed by atoms with Gasteiger partial charge in [0.25, 0.3) is 5.91 Å². The van der Waals surface area contributed by atoms with Gasteiger partial charge >= 0.3 is 0 Å². The molecule has 0 radical (unpaired) electrons. The number of anilines is 1. The average Bonchev–Trinajstić information content (AvgIpc) is 3.06. The minimum absolute atomic E-state index is 0.133. The summed E-state index contributed by atoms with van der Waals surface area (Å²) in [5.41, 5.74) is 1.46. The molecule has 4 rings (SSSR count).